The van der Waals surface area contributed by atoms with Crippen molar-refractivity contribution in [3.63, 3.8) is 0 Å². The summed E-state index contributed by atoms with van der Waals surface area (Å²) in [6.45, 7) is 0. The number of hydrogen-bond donors (Lipinski definition) is 0. The number of para-hydroxylation sites is 2. The van der Waals surface area contributed by atoms with Crippen molar-refractivity contribution in [2.24, 2.45) is 0 Å². The van der Waals surface area contributed by atoms with Gasteiger partial charge in [-0.1, -0.05) is 48.5 Å². The third kappa shape index (κ3) is 2.68. The summed E-state index contributed by atoms with van der Waals surface area (Å²) >= 11 is 0. The Bertz CT molecular complexity index is 1470. The van der Waals surface area contributed by atoms with E-state index in [1.54, 1.807) is 54.6 Å². The molecule has 5 aromatic rings. The molecule has 0 aliphatic heterocycles. The molecule has 0 radical (unpaired) electrons. The van der Waals surface area contributed by atoms with Crippen LogP contribution >= 0.6 is 0 Å². The summed E-state index contributed by atoms with van der Waals surface area (Å²) in [7, 11) is -3.80. The minimum Gasteiger partial charge on any atom is -0.618 e. The molecule has 142 valence electrons. The summed E-state index contributed by atoms with van der Waals surface area (Å²) in [6, 6.07) is 26.4. The molecular weight excluding hydrogens is 384 g/mol. The molecule has 0 saturated carbocycles. The lowest BCUT2D eigenvalue weighted by molar-refractivity contribution is -0.564. The van der Waals surface area contributed by atoms with Gasteiger partial charge >= 0.3 is 0 Å². The van der Waals surface area contributed by atoms with Crippen LogP contribution in [0, 0.1) is 5.21 Å². The molecule has 0 amide bonds. The maximum Gasteiger partial charge on any atom is 0.268 e. The lowest BCUT2D eigenvalue weighted by Gasteiger charge is -2.07. The topological polar surface area (TPSA) is 66.0 Å². The van der Waals surface area contributed by atoms with Crippen LogP contribution in [0.5, 0.6) is 0 Å². The number of pyridine rings is 1. The monoisotopic (exact) mass is 400 g/mol. The Labute approximate surface area is 167 Å². The van der Waals surface area contributed by atoms with E-state index in [-0.39, 0.29) is 4.90 Å². The zero-order valence-corrected chi connectivity index (χ0v) is 16.1. The van der Waals surface area contributed by atoms with Gasteiger partial charge in [-0.25, -0.2) is 12.4 Å². The van der Waals surface area contributed by atoms with Gasteiger partial charge in [-0.05, 0) is 30.3 Å². The first kappa shape index (κ1) is 17.5. The van der Waals surface area contributed by atoms with Crippen LogP contribution in [0.25, 0.3) is 33.1 Å². The van der Waals surface area contributed by atoms with E-state index in [1.807, 2.05) is 36.4 Å². The fourth-order valence-corrected chi connectivity index (χ4v) is 5.03. The summed E-state index contributed by atoms with van der Waals surface area (Å²) in [4.78, 5) is 0.195. The fraction of sp³-hybridized carbons (Fsp3) is 0. The SMILES string of the molecule is O=S(=O)(c1ccccc1)n1cc(-c2ccc3ccccc3[n+]2[O-])c2ccccc21. The molecule has 0 fully saturated rings. The summed E-state index contributed by atoms with van der Waals surface area (Å²) in [6.07, 6.45) is 1.53. The molecule has 0 bridgehead atoms. The molecule has 3 aromatic carbocycles. The maximum absolute atomic E-state index is 13.3. The first-order valence-corrected chi connectivity index (χ1v) is 10.5. The van der Waals surface area contributed by atoms with Crippen LogP contribution in [0.4, 0.5) is 0 Å². The molecule has 0 saturated heterocycles. The molecule has 6 heteroatoms. The minimum absolute atomic E-state index is 0.195. The van der Waals surface area contributed by atoms with Crippen molar-refractivity contribution in [1.29, 1.82) is 0 Å². The molecule has 0 aliphatic rings. The van der Waals surface area contributed by atoms with Crippen molar-refractivity contribution in [2.45, 2.75) is 4.90 Å². The van der Waals surface area contributed by atoms with Gasteiger partial charge in [-0.15, -0.1) is 0 Å². The van der Waals surface area contributed by atoms with Gasteiger partial charge in [0, 0.05) is 29.1 Å². The standard InChI is InChI=1S/C23H16N2O3S/c26-25-21-12-6-4-8-17(21)14-15-23(25)20-16-24(22-13-7-5-11-19(20)22)29(27,28)18-9-2-1-3-10-18/h1-16H. The van der Waals surface area contributed by atoms with Gasteiger partial charge in [0.15, 0.2) is 0 Å². The Morgan fingerprint density at radius 3 is 2.28 bits per heavy atom. The molecule has 29 heavy (non-hydrogen) atoms. The van der Waals surface area contributed by atoms with Gasteiger partial charge < -0.3 is 5.21 Å². The molecule has 5 nitrogen and oxygen atoms in total. The minimum atomic E-state index is -3.80. The van der Waals surface area contributed by atoms with Crippen molar-refractivity contribution >= 4 is 31.8 Å². The van der Waals surface area contributed by atoms with Crippen LogP contribution in [-0.2, 0) is 10.0 Å². The summed E-state index contributed by atoms with van der Waals surface area (Å²) in [5.41, 5.74) is 2.04. The molecule has 0 atom stereocenters. The number of rotatable bonds is 3. The van der Waals surface area contributed by atoms with Crippen LogP contribution in [0.1, 0.15) is 0 Å². The third-order valence-electron chi connectivity index (χ3n) is 5.05. The van der Waals surface area contributed by atoms with Crippen molar-refractivity contribution in [2.75, 3.05) is 0 Å². The molecule has 5 rings (SSSR count). The first-order valence-electron chi connectivity index (χ1n) is 9.10. The highest BCUT2D eigenvalue weighted by atomic mass is 32.2. The molecule has 0 N–H and O–H groups in total. The van der Waals surface area contributed by atoms with E-state index in [0.29, 0.717) is 27.7 Å². The second-order valence-corrected chi connectivity index (χ2v) is 8.56. The fourth-order valence-electron chi connectivity index (χ4n) is 3.64. The van der Waals surface area contributed by atoms with Crippen LogP contribution < -0.4 is 4.73 Å². The van der Waals surface area contributed by atoms with E-state index in [9.17, 15) is 13.6 Å². The van der Waals surface area contributed by atoms with Gasteiger partial charge in [-0.2, -0.15) is 4.73 Å². The third-order valence-corrected chi connectivity index (χ3v) is 6.74. The molecular formula is C23H16N2O3S. The van der Waals surface area contributed by atoms with Crippen LogP contribution in [0.3, 0.4) is 0 Å². The predicted octanol–water partition coefficient (Wildman–Crippen LogP) is 4.33. The zero-order chi connectivity index (χ0) is 20.0. The quantitative estimate of drug-likeness (QED) is 0.334. The normalized spacial score (nSPS) is 11.9. The lowest BCUT2D eigenvalue weighted by atomic mass is 10.1. The molecule has 0 aliphatic carbocycles. The van der Waals surface area contributed by atoms with E-state index in [1.165, 1.54) is 10.2 Å². The van der Waals surface area contributed by atoms with E-state index in [2.05, 4.69) is 0 Å². The first-order chi connectivity index (χ1) is 14.1. The van der Waals surface area contributed by atoms with Gasteiger partial charge in [0.2, 0.25) is 11.2 Å². The summed E-state index contributed by atoms with van der Waals surface area (Å²) in [5.74, 6) is 0. The predicted molar refractivity (Wildman–Crippen MR) is 113 cm³/mol. The lowest BCUT2D eigenvalue weighted by Crippen LogP contribution is -2.29. The smallest absolute Gasteiger partial charge is 0.268 e. The van der Waals surface area contributed by atoms with Crippen LogP contribution in [-0.4, -0.2) is 12.4 Å². The Balaban J connectivity index is 1.81. The molecule has 2 heterocycles. The van der Waals surface area contributed by atoms with Crippen LogP contribution in [0.15, 0.2) is 102 Å². The second-order valence-electron chi connectivity index (χ2n) is 6.75. The summed E-state index contributed by atoms with van der Waals surface area (Å²) < 4.78 is 28.6. The number of benzene rings is 3. The zero-order valence-electron chi connectivity index (χ0n) is 15.3. The molecule has 0 unspecified atom stereocenters. The largest absolute Gasteiger partial charge is 0.618 e. The van der Waals surface area contributed by atoms with E-state index in [0.717, 1.165) is 10.1 Å². The van der Waals surface area contributed by atoms with Crippen molar-refractivity contribution in [1.82, 2.24) is 3.97 Å². The average Bonchev–Trinajstić information content (AvgIpc) is 3.15. The van der Waals surface area contributed by atoms with Gasteiger partial charge in [0.05, 0.1) is 16.0 Å². The molecule has 2 aromatic heterocycles. The Morgan fingerprint density at radius 1 is 0.759 bits per heavy atom. The average molecular weight is 400 g/mol. The Morgan fingerprint density at radius 2 is 1.45 bits per heavy atom. The highest BCUT2D eigenvalue weighted by Crippen LogP contribution is 2.32. The second kappa shape index (κ2) is 6.46. The van der Waals surface area contributed by atoms with Crippen molar-refractivity contribution in [3.05, 3.63) is 102 Å². The Hall–Kier alpha value is -3.64. The number of fused-ring (bicyclic) bond motifs is 2. The highest BCUT2D eigenvalue weighted by molar-refractivity contribution is 7.90. The maximum atomic E-state index is 13.3. The van der Waals surface area contributed by atoms with E-state index < -0.39 is 10.0 Å². The van der Waals surface area contributed by atoms with Gasteiger partial charge in [0.25, 0.3) is 10.0 Å². The van der Waals surface area contributed by atoms with E-state index in [4.69, 9.17) is 0 Å². The van der Waals surface area contributed by atoms with E-state index >= 15 is 0 Å². The summed E-state index contributed by atoms with van der Waals surface area (Å²) in [5, 5.41) is 14.6. The number of nitrogens with zero attached hydrogens (tertiary/aromatic N) is 2. The number of hydrogen-bond acceptors (Lipinski definition) is 3. The number of aromatic nitrogens is 2. The van der Waals surface area contributed by atoms with Crippen molar-refractivity contribution < 1.29 is 13.1 Å². The van der Waals surface area contributed by atoms with Crippen molar-refractivity contribution in [3.8, 4) is 11.3 Å². The van der Waals surface area contributed by atoms with Gasteiger partial charge in [0.1, 0.15) is 0 Å². The van der Waals surface area contributed by atoms with Crippen LogP contribution in [0.2, 0.25) is 0 Å². The van der Waals surface area contributed by atoms with Gasteiger partial charge in [-0.3, -0.25) is 0 Å². The Kier molecular flexibility index (Phi) is 3.89. The highest BCUT2D eigenvalue weighted by Gasteiger charge is 2.24. The molecule has 0 spiro atoms.